The van der Waals surface area contributed by atoms with E-state index in [4.69, 9.17) is 9.47 Å². The summed E-state index contributed by atoms with van der Waals surface area (Å²) in [5.41, 5.74) is -0.639. The van der Waals surface area contributed by atoms with Crippen LogP contribution >= 0.6 is 22.6 Å². The Labute approximate surface area is 138 Å². The van der Waals surface area contributed by atoms with Crippen molar-refractivity contribution in [1.82, 2.24) is 4.57 Å². The Balaban J connectivity index is 2.49. The molecule has 2 rings (SSSR count). The molecule has 0 amide bonds. The van der Waals surface area contributed by atoms with Crippen molar-refractivity contribution >= 4 is 45.7 Å². The molecule has 0 saturated carbocycles. The van der Waals surface area contributed by atoms with Gasteiger partial charge < -0.3 is 19.4 Å². The summed E-state index contributed by atoms with van der Waals surface area (Å²) in [6.07, 6.45) is -2.66. The van der Waals surface area contributed by atoms with Crippen molar-refractivity contribution in [3.8, 4) is 5.88 Å². The Kier molecular flexibility index (Phi) is 4.32. The molecule has 0 fully saturated rings. The third-order valence-corrected chi connectivity index (χ3v) is 3.70. The molecule has 1 heterocycles. The molecule has 0 spiro atoms. The van der Waals surface area contributed by atoms with E-state index < -0.39 is 23.7 Å². The summed E-state index contributed by atoms with van der Waals surface area (Å²) in [6.45, 7) is 4.92. The molecule has 6 nitrogen and oxygen atoms in total. The highest BCUT2D eigenvalue weighted by molar-refractivity contribution is 14.1. The minimum absolute atomic E-state index is 0.157. The molecule has 1 aromatic carbocycles. The molecule has 0 atom stereocenters. The van der Waals surface area contributed by atoms with Crippen LogP contribution in [-0.2, 0) is 4.74 Å². The smallest absolute Gasteiger partial charge is 0.515 e. The van der Waals surface area contributed by atoms with Gasteiger partial charge in [0.25, 0.3) is 0 Å². The summed E-state index contributed by atoms with van der Waals surface area (Å²) in [6, 6.07) is 3.64. The van der Waals surface area contributed by atoms with E-state index in [1.165, 1.54) is 12.1 Å². The molecule has 2 aromatic rings. The van der Waals surface area contributed by atoms with Gasteiger partial charge in [-0.25, -0.2) is 9.18 Å². The topological polar surface area (TPSA) is 80.6 Å². The monoisotopic (exact) mass is 420 g/mol. The second-order valence-electron chi connectivity index (χ2n) is 5.44. The number of aromatic nitrogens is 1. The summed E-state index contributed by atoms with van der Waals surface area (Å²) in [5.74, 6) is -0.819. The Hall–Kier alpha value is -1.84. The van der Waals surface area contributed by atoms with Gasteiger partial charge in [0.2, 0.25) is 5.88 Å². The third kappa shape index (κ3) is 3.32. The Morgan fingerprint density at radius 1 is 1.32 bits per heavy atom. The van der Waals surface area contributed by atoms with Crippen molar-refractivity contribution in [2.45, 2.75) is 26.4 Å². The third-order valence-electron chi connectivity index (χ3n) is 2.60. The average Bonchev–Trinajstić information content (AvgIpc) is 2.70. The molecule has 0 bridgehead atoms. The highest BCUT2D eigenvalue weighted by Crippen LogP contribution is 2.30. The molecule has 118 valence electrons. The standard InChI is InChI=1S/C14H13FINO5/c1-14(2,3)22-13(20)21-10-6-7-9(17(10)12(18)19)5-4-8(15)11(7)16/h4-6H,1-3H3,(H,18,19)/p-1. The number of hydrogen-bond acceptors (Lipinski definition) is 5. The summed E-state index contributed by atoms with van der Waals surface area (Å²) in [5, 5.41) is 11.6. The number of carboxylic acid groups (broad SMARTS) is 1. The average molecular weight is 420 g/mol. The van der Waals surface area contributed by atoms with Crippen LogP contribution in [0.15, 0.2) is 18.2 Å². The number of hydrogen-bond donors (Lipinski definition) is 0. The molecule has 0 aliphatic carbocycles. The highest BCUT2D eigenvalue weighted by Gasteiger charge is 2.22. The SMILES string of the molecule is CC(C)(C)OC(=O)Oc1cc2c(I)c(F)ccc2n1C(=O)[O-]. The maximum atomic E-state index is 13.6. The van der Waals surface area contributed by atoms with Crippen LogP contribution in [0.5, 0.6) is 5.88 Å². The fraction of sp³-hybridized carbons (Fsp3) is 0.286. The van der Waals surface area contributed by atoms with Gasteiger partial charge in [-0.05, 0) is 55.5 Å². The number of ether oxygens (including phenoxy) is 2. The summed E-state index contributed by atoms with van der Waals surface area (Å²) in [7, 11) is 0. The van der Waals surface area contributed by atoms with Crippen molar-refractivity contribution in [2.75, 3.05) is 0 Å². The fourth-order valence-corrected chi connectivity index (χ4v) is 2.43. The molecule has 0 aliphatic heterocycles. The first-order valence-corrected chi connectivity index (χ1v) is 7.29. The van der Waals surface area contributed by atoms with E-state index in [0.29, 0.717) is 9.95 Å². The zero-order valence-corrected chi connectivity index (χ0v) is 14.1. The number of fused-ring (bicyclic) bond motifs is 1. The molecule has 0 radical (unpaired) electrons. The number of carbonyl (C=O) groups is 2. The van der Waals surface area contributed by atoms with Gasteiger partial charge in [0.1, 0.15) is 17.5 Å². The van der Waals surface area contributed by atoms with Crippen LogP contribution in [0.4, 0.5) is 14.0 Å². The molecule has 0 N–H and O–H groups in total. The van der Waals surface area contributed by atoms with E-state index in [9.17, 15) is 19.1 Å². The molecular weight excluding hydrogens is 408 g/mol. The first kappa shape index (κ1) is 16.5. The van der Waals surface area contributed by atoms with Crippen molar-refractivity contribution < 1.29 is 28.6 Å². The predicted octanol–water partition coefficient (Wildman–Crippen LogP) is 2.89. The van der Waals surface area contributed by atoms with Gasteiger partial charge in [-0.15, -0.1) is 0 Å². The van der Waals surface area contributed by atoms with Gasteiger partial charge >= 0.3 is 6.16 Å². The van der Waals surface area contributed by atoms with Crippen LogP contribution in [-0.4, -0.2) is 22.4 Å². The van der Waals surface area contributed by atoms with E-state index in [1.54, 1.807) is 43.4 Å². The van der Waals surface area contributed by atoms with Gasteiger partial charge in [0.05, 0.1) is 9.09 Å². The van der Waals surface area contributed by atoms with Gasteiger partial charge in [-0.3, -0.25) is 4.57 Å². The first-order chi connectivity index (χ1) is 10.1. The first-order valence-electron chi connectivity index (χ1n) is 6.22. The Morgan fingerprint density at radius 3 is 2.50 bits per heavy atom. The van der Waals surface area contributed by atoms with Gasteiger partial charge in [0.15, 0.2) is 0 Å². The number of rotatable bonds is 1. The van der Waals surface area contributed by atoms with Crippen LogP contribution in [0.25, 0.3) is 10.9 Å². The lowest BCUT2D eigenvalue weighted by Crippen LogP contribution is -2.31. The van der Waals surface area contributed by atoms with E-state index in [1.807, 2.05) is 0 Å². The lowest BCUT2D eigenvalue weighted by molar-refractivity contribution is -0.250. The molecule has 1 aromatic heterocycles. The van der Waals surface area contributed by atoms with Crippen molar-refractivity contribution in [1.29, 1.82) is 0 Å². The van der Waals surface area contributed by atoms with Crippen LogP contribution < -0.4 is 9.84 Å². The van der Waals surface area contributed by atoms with Crippen molar-refractivity contribution in [2.24, 2.45) is 0 Å². The van der Waals surface area contributed by atoms with Crippen LogP contribution in [0.1, 0.15) is 20.8 Å². The van der Waals surface area contributed by atoms with E-state index in [0.717, 1.165) is 6.07 Å². The van der Waals surface area contributed by atoms with Gasteiger partial charge in [0, 0.05) is 11.5 Å². The van der Waals surface area contributed by atoms with E-state index in [-0.39, 0.29) is 15.0 Å². The van der Waals surface area contributed by atoms with E-state index >= 15 is 0 Å². The zero-order chi connectivity index (χ0) is 16.7. The molecule has 22 heavy (non-hydrogen) atoms. The largest absolute Gasteiger partial charge is 0.529 e. The number of carbonyl (C=O) groups excluding carboxylic acids is 2. The summed E-state index contributed by atoms with van der Waals surface area (Å²) in [4.78, 5) is 23.0. The van der Waals surface area contributed by atoms with Crippen LogP contribution in [0.2, 0.25) is 0 Å². The lowest BCUT2D eigenvalue weighted by Gasteiger charge is -2.19. The second-order valence-corrected chi connectivity index (χ2v) is 6.52. The maximum Gasteiger partial charge on any atom is 0.515 e. The molecule has 0 unspecified atom stereocenters. The zero-order valence-electron chi connectivity index (χ0n) is 12.0. The minimum Gasteiger partial charge on any atom is -0.529 e. The Morgan fingerprint density at radius 2 is 1.95 bits per heavy atom. The van der Waals surface area contributed by atoms with Gasteiger partial charge in [-0.2, -0.15) is 0 Å². The number of nitrogens with zero attached hydrogens (tertiary/aromatic N) is 1. The Bertz CT molecular complexity index is 763. The van der Waals surface area contributed by atoms with Crippen molar-refractivity contribution in [3.05, 3.63) is 27.6 Å². The maximum absolute atomic E-state index is 13.6. The molecule has 0 aliphatic rings. The highest BCUT2D eigenvalue weighted by atomic mass is 127. The van der Waals surface area contributed by atoms with Crippen molar-refractivity contribution in [3.63, 3.8) is 0 Å². The molecular formula is C14H12FINO5-. The molecule has 8 heteroatoms. The minimum atomic E-state index is -1.60. The second kappa shape index (κ2) is 5.75. The fourth-order valence-electron chi connectivity index (χ4n) is 1.81. The summed E-state index contributed by atoms with van der Waals surface area (Å²) >= 11 is 1.74. The lowest BCUT2D eigenvalue weighted by atomic mass is 10.2. The summed E-state index contributed by atoms with van der Waals surface area (Å²) < 4.78 is 24.3. The number of benzene rings is 1. The van der Waals surface area contributed by atoms with E-state index in [2.05, 4.69) is 0 Å². The normalized spacial score (nSPS) is 11.5. The predicted molar refractivity (Wildman–Crippen MR) is 82.3 cm³/mol. The molecule has 0 saturated heterocycles. The van der Waals surface area contributed by atoms with Gasteiger partial charge in [-0.1, -0.05) is 0 Å². The van der Waals surface area contributed by atoms with Crippen LogP contribution in [0, 0.1) is 9.39 Å². The van der Waals surface area contributed by atoms with Crippen LogP contribution in [0.3, 0.4) is 0 Å². The quantitative estimate of drug-likeness (QED) is 0.524. The number of halogens is 2.